The van der Waals surface area contributed by atoms with Crippen molar-refractivity contribution in [2.45, 2.75) is 62.6 Å². The molecule has 12 heteroatoms. The zero-order valence-electron chi connectivity index (χ0n) is 11.8. The van der Waals surface area contributed by atoms with Crippen LogP contribution in [0.3, 0.4) is 0 Å². The molecule has 0 aromatic heterocycles. The van der Waals surface area contributed by atoms with Crippen molar-refractivity contribution in [3.63, 3.8) is 0 Å². The van der Waals surface area contributed by atoms with Crippen LogP contribution in [0, 0.1) is 0 Å². The molecule has 0 heterocycles. The van der Waals surface area contributed by atoms with E-state index in [0.29, 0.717) is 0 Å². The Morgan fingerprint density at radius 3 is 1.65 bits per heavy atom. The monoisotopic (exact) mass is 368 g/mol. The van der Waals surface area contributed by atoms with Gasteiger partial charge in [-0.25, -0.2) is 13.2 Å². The molecule has 0 saturated carbocycles. The lowest BCUT2D eigenvalue weighted by atomic mass is 9.85. The number of rotatable bonds is 8. The first-order valence-electron chi connectivity index (χ1n) is 6.19. The maximum Gasteiger partial charge on any atom is 0.457 e. The summed E-state index contributed by atoms with van der Waals surface area (Å²) in [4.78, 5) is 0. The van der Waals surface area contributed by atoms with Crippen LogP contribution in [0.4, 0.5) is 43.9 Å². The smallest absolute Gasteiger partial charge is 0.391 e. The second kappa shape index (κ2) is 6.61. The first-order valence-corrected chi connectivity index (χ1v) is 6.19. The fourth-order valence-corrected chi connectivity index (χ4v) is 1.63. The molecule has 0 aliphatic rings. The van der Waals surface area contributed by atoms with Crippen LogP contribution in [0.2, 0.25) is 0 Å². The first-order chi connectivity index (χ1) is 9.98. The Morgan fingerprint density at radius 2 is 1.35 bits per heavy atom. The molecule has 0 spiro atoms. The molecule has 0 aromatic carbocycles. The average molecular weight is 368 g/mol. The van der Waals surface area contributed by atoms with Crippen LogP contribution in [0.15, 0.2) is 0 Å². The van der Waals surface area contributed by atoms with Crippen LogP contribution in [-0.4, -0.2) is 47.6 Å². The minimum atomic E-state index is -7.12. The molecule has 0 aliphatic heterocycles. The van der Waals surface area contributed by atoms with Crippen LogP contribution in [0.5, 0.6) is 0 Å². The van der Waals surface area contributed by atoms with E-state index in [1.165, 1.54) is 0 Å². The lowest BCUT2D eigenvalue weighted by molar-refractivity contribution is -0.448. The normalized spacial score (nSPS) is 18.7. The van der Waals surface area contributed by atoms with Crippen LogP contribution in [0.25, 0.3) is 0 Å². The third-order valence-corrected chi connectivity index (χ3v) is 2.76. The highest BCUT2D eigenvalue weighted by atomic mass is 19.4. The van der Waals surface area contributed by atoms with Gasteiger partial charge in [0.25, 0.3) is 5.92 Å². The number of alkyl halides is 10. The molecule has 2 nitrogen and oxygen atoms in total. The van der Waals surface area contributed by atoms with Gasteiger partial charge in [-0.1, -0.05) is 13.3 Å². The molecule has 23 heavy (non-hydrogen) atoms. The highest BCUT2D eigenvalue weighted by Gasteiger charge is 2.89. The van der Waals surface area contributed by atoms with Crippen molar-refractivity contribution in [3.05, 3.63) is 0 Å². The quantitative estimate of drug-likeness (QED) is 0.647. The molecule has 2 unspecified atom stereocenters. The number of aliphatic hydroxyl groups excluding tert-OH is 1. The molecule has 0 saturated heterocycles. The van der Waals surface area contributed by atoms with Gasteiger partial charge in [0.1, 0.15) is 0 Å². The summed E-state index contributed by atoms with van der Waals surface area (Å²) >= 11 is 0. The lowest BCUT2D eigenvalue weighted by Gasteiger charge is -2.43. The first kappa shape index (κ1) is 22.2. The molecular formula is C11H14F10O2. The van der Waals surface area contributed by atoms with Crippen molar-refractivity contribution in [3.8, 4) is 0 Å². The Bertz CT molecular complexity index is 393. The van der Waals surface area contributed by atoms with Crippen LogP contribution in [-0.2, 0) is 4.74 Å². The van der Waals surface area contributed by atoms with Gasteiger partial charge in [0, 0.05) is 6.42 Å². The maximum atomic E-state index is 14.1. The molecule has 0 aliphatic carbocycles. The van der Waals surface area contributed by atoms with E-state index in [9.17, 15) is 43.9 Å². The summed E-state index contributed by atoms with van der Waals surface area (Å²) in [6.45, 7) is -0.0637. The highest BCUT2D eigenvalue weighted by molar-refractivity contribution is 5.12. The predicted molar refractivity (Wildman–Crippen MR) is 57.3 cm³/mol. The summed E-state index contributed by atoms with van der Waals surface area (Å²) in [5, 5.41) is 8.67. The molecule has 0 fully saturated rings. The highest BCUT2D eigenvalue weighted by Crippen LogP contribution is 2.59. The topological polar surface area (TPSA) is 29.5 Å². The van der Waals surface area contributed by atoms with Gasteiger partial charge in [-0.3, -0.25) is 0 Å². The zero-order valence-corrected chi connectivity index (χ0v) is 11.8. The van der Waals surface area contributed by atoms with E-state index in [0.717, 1.165) is 13.8 Å². The van der Waals surface area contributed by atoms with E-state index in [1.54, 1.807) is 0 Å². The molecule has 2 atom stereocenters. The van der Waals surface area contributed by atoms with Crippen molar-refractivity contribution in [2.24, 2.45) is 0 Å². The van der Waals surface area contributed by atoms with E-state index in [4.69, 9.17) is 5.11 Å². The summed E-state index contributed by atoms with van der Waals surface area (Å²) in [7, 11) is 0. The predicted octanol–water partition coefficient (Wildman–Crippen LogP) is 4.32. The standard InChI is InChI=1S/C11H14F10O2/c1-3-4-7(12,13)8(14,9(15,16)10(17,18)19)11(20,21)23-5-6(2)22/h6,22H,3-5H2,1-2H3. The Kier molecular flexibility index (Phi) is 6.39. The number of hydrogen-bond donors (Lipinski definition) is 1. The Hall–Kier alpha value is -0.780. The second-order valence-corrected chi connectivity index (χ2v) is 4.86. The van der Waals surface area contributed by atoms with Gasteiger partial charge < -0.3 is 9.84 Å². The molecule has 0 radical (unpaired) electrons. The summed E-state index contributed by atoms with van der Waals surface area (Å²) in [6, 6.07) is 0. The van der Waals surface area contributed by atoms with Gasteiger partial charge in [-0.2, -0.15) is 30.7 Å². The van der Waals surface area contributed by atoms with Gasteiger partial charge in [0.2, 0.25) is 0 Å². The van der Waals surface area contributed by atoms with E-state index >= 15 is 0 Å². The van der Waals surface area contributed by atoms with E-state index in [-0.39, 0.29) is 0 Å². The van der Waals surface area contributed by atoms with Crippen molar-refractivity contribution < 1.29 is 53.7 Å². The van der Waals surface area contributed by atoms with Crippen molar-refractivity contribution in [2.75, 3.05) is 6.61 Å². The largest absolute Gasteiger partial charge is 0.457 e. The number of ether oxygens (including phenoxy) is 1. The Balaban J connectivity index is 6.22. The third-order valence-electron chi connectivity index (χ3n) is 2.76. The SMILES string of the molecule is CCCC(F)(F)C(F)(C(F)(F)OCC(C)O)C(F)(F)C(F)(F)F. The summed E-state index contributed by atoms with van der Waals surface area (Å²) in [5.41, 5.74) is -6.70. The lowest BCUT2D eigenvalue weighted by Crippen LogP contribution is -2.72. The average Bonchev–Trinajstić information content (AvgIpc) is 2.33. The van der Waals surface area contributed by atoms with Crippen molar-refractivity contribution in [1.29, 1.82) is 0 Å². The van der Waals surface area contributed by atoms with Gasteiger partial charge in [0.05, 0.1) is 12.7 Å². The Labute approximate surface area is 124 Å². The zero-order chi connectivity index (χ0) is 18.9. The second-order valence-electron chi connectivity index (χ2n) is 4.86. The number of aliphatic hydroxyl groups is 1. The summed E-state index contributed by atoms with van der Waals surface area (Å²) in [5.74, 6) is -12.9. The molecule has 140 valence electrons. The van der Waals surface area contributed by atoms with Gasteiger partial charge in [-0.05, 0) is 6.92 Å². The third kappa shape index (κ3) is 3.83. The van der Waals surface area contributed by atoms with Gasteiger partial charge >= 0.3 is 23.9 Å². The van der Waals surface area contributed by atoms with Gasteiger partial charge in [0.15, 0.2) is 0 Å². The molecule has 0 bridgehead atoms. The van der Waals surface area contributed by atoms with Gasteiger partial charge in [-0.15, -0.1) is 0 Å². The van der Waals surface area contributed by atoms with Crippen LogP contribution >= 0.6 is 0 Å². The van der Waals surface area contributed by atoms with Crippen molar-refractivity contribution in [1.82, 2.24) is 0 Å². The minimum absolute atomic E-state index is 0.738. The van der Waals surface area contributed by atoms with Crippen LogP contribution in [0.1, 0.15) is 26.7 Å². The number of halogens is 10. The van der Waals surface area contributed by atoms with Crippen LogP contribution < -0.4 is 0 Å². The molecule has 0 amide bonds. The maximum absolute atomic E-state index is 14.1. The molecule has 0 aromatic rings. The van der Waals surface area contributed by atoms with Crippen molar-refractivity contribution >= 4 is 0 Å². The van der Waals surface area contributed by atoms with E-state index in [2.05, 4.69) is 4.74 Å². The molecule has 1 N–H and O–H groups in total. The molecular weight excluding hydrogens is 354 g/mol. The number of hydrogen-bond acceptors (Lipinski definition) is 2. The minimum Gasteiger partial charge on any atom is -0.391 e. The summed E-state index contributed by atoms with van der Waals surface area (Å²) in [6.07, 6.45) is -18.0. The van der Waals surface area contributed by atoms with E-state index in [1.807, 2.05) is 0 Å². The Morgan fingerprint density at radius 1 is 0.913 bits per heavy atom. The summed E-state index contributed by atoms with van der Waals surface area (Å²) < 4.78 is 135. The molecule has 0 rings (SSSR count). The fraction of sp³-hybridized carbons (Fsp3) is 1.00. The fourth-order valence-electron chi connectivity index (χ4n) is 1.63. The van der Waals surface area contributed by atoms with E-state index < -0.39 is 55.4 Å².